The number of aryl methyl sites for hydroxylation is 1. The smallest absolute Gasteiger partial charge is 0.332 e. The van der Waals surface area contributed by atoms with Crippen molar-refractivity contribution in [3.05, 3.63) is 26.7 Å². The molecule has 0 radical (unpaired) electrons. The van der Waals surface area contributed by atoms with E-state index in [1.54, 1.807) is 11.6 Å². The van der Waals surface area contributed by atoms with E-state index in [0.29, 0.717) is 42.9 Å². The van der Waals surface area contributed by atoms with Crippen molar-refractivity contribution in [2.75, 3.05) is 6.61 Å². The van der Waals surface area contributed by atoms with Crippen molar-refractivity contribution >= 4 is 17.1 Å². The normalized spacial score (nSPS) is 12.5. The fourth-order valence-electron chi connectivity index (χ4n) is 3.14. The average molecular weight is 395 g/mol. The highest BCUT2D eigenvalue weighted by Gasteiger charge is 2.19. The second-order valence-corrected chi connectivity index (χ2v) is 6.67. The maximum Gasteiger partial charge on any atom is 0.332 e. The molecule has 1 unspecified atom stereocenters. The van der Waals surface area contributed by atoms with Crippen molar-refractivity contribution in [1.29, 1.82) is 0 Å². The summed E-state index contributed by atoms with van der Waals surface area (Å²) in [5.41, 5.74) is 5.54. The minimum atomic E-state index is -0.421. The second-order valence-electron chi connectivity index (χ2n) is 6.67. The molecule has 28 heavy (non-hydrogen) atoms. The Balaban J connectivity index is 2.30. The van der Waals surface area contributed by atoms with Crippen LogP contribution in [0.3, 0.4) is 0 Å². The Morgan fingerprint density at radius 2 is 1.96 bits per heavy atom. The van der Waals surface area contributed by atoms with Crippen LogP contribution in [0.25, 0.3) is 11.2 Å². The minimum Gasteiger partial charge on any atom is -0.463 e. The van der Waals surface area contributed by atoms with E-state index >= 15 is 0 Å². The SMILES string of the molecule is CCOCn1c(CN)nc2c1c(=O)n(CCCCC(C)OC(C)=O)c(=O)n2C. The van der Waals surface area contributed by atoms with Crippen LogP contribution in [0.1, 0.15) is 45.9 Å². The van der Waals surface area contributed by atoms with E-state index in [-0.39, 0.29) is 31.9 Å². The topological polar surface area (TPSA) is 123 Å². The molecule has 0 aliphatic heterocycles. The molecule has 0 bridgehead atoms. The van der Waals surface area contributed by atoms with Gasteiger partial charge in [-0.2, -0.15) is 0 Å². The predicted octanol–water partition coefficient (Wildman–Crippen LogP) is 0.471. The molecule has 0 saturated heterocycles. The van der Waals surface area contributed by atoms with Gasteiger partial charge in [0.2, 0.25) is 0 Å². The number of unbranched alkanes of at least 4 members (excludes halogenated alkanes) is 1. The first kappa shape index (κ1) is 21.8. The molecule has 0 aliphatic carbocycles. The summed E-state index contributed by atoms with van der Waals surface area (Å²) in [5.74, 6) is 0.171. The van der Waals surface area contributed by atoms with Crippen LogP contribution in [0.5, 0.6) is 0 Å². The number of nitrogens with zero attached hydrogens (tertiary/aromatic N) is 4. The van der Waals surface area contributed by atoms with Crippen molar-refractivity contribution in [2.45, 2.75) is 66.0 Å². The highest BCUT2D eigenvalue weighted by atomic mass is 16.5. The van der Waals surface area contributed by atoms with E-state index in [9.17, 15) is 14.4 Å². The third kappa shape index (κ3) is 4.68. The summed E-state index contributed by atoms with van der Waals surface area (Å²) in [7, 11) is 1.59. The van der Waals surface area contributed by atoms with Crippen LogP contribution in [-0.2, 0) is 41.1 Å². The molecular formula is C18H29N5O5. The van der Waals surface area contributed by atoms with Gasteiger partial charge in [0.25, 0.3) is 5.56 Å². The van der Waals surface area contributed by atoms with Gasteiger partial charge in [-0.15, -0.1) is 0 Å². The number of hydrogen-bond acceptors (Lipinski definition) is 7. The fraction of sp³-hybridized carbons (Fsp3) is 0.667. The molecule has 0 saturated carbocycles. The number of hydrogen-bond donors (Lipinski definition) is 1. The molecule has 0 spiro atoms. The number of nitrogens with two attached hydrogens (primary N) is 1. The summed E-state index contributed by atoms with van der Waals surface area (Å²) in [6.07, 6.45) is 1.79. The van der Waals surface area contributed by atoms with Crippen molar-refractivity contribution in [1.82, 2.24) is 18.7 Å². The summed E-state index contributed by atoms with van der Waals surface area (Å²) in [5, 5.41) is 0. The summed E-state index contributed by atoms with van der Waals surface area (Å²) < 4.78 is 14.7. The second kappa shape index (κ2) is 9.65. The molecule has 10 nitrogen and oxygen atoms in total. The fourth-order valence-corrected chi connectivity index (χ4v) is 3.14. The van der Waals surface area contributed by atoms with Gasteiger partial charge in [-0.05, 0) is 33.1 Å². The molecule has 2 rings (SSSR count). The van der Waals surface area contributed by atoms with Gasteiger partial charge in [-0.1, -0.05) is 0 Å². The van der Waals surface area contributed by atoms with E-state index in [4.69, 9.17) is 15.2 Å². The van der Waals surface area contributed by atoms with Crippen LogP contribution in [0.2, 0.25) is 0 Å². The molecular weight excluding hydrogens is 366 g/mol. The highest BCUT2D eigenvalue weighted by molar-refractivity contribution is 5.71. The maximum atomic E-state index is 13.0. The zero-order chi connectivity index (χ0) is 20.8. The van der Waals surface area contributed by atoms with Gasteiger partial charge >= 0.3 is 11.7 Å². The third-order valence-corrected chi connectivity index (χ3v) is 4.53. The lowest BCUT2D eigenvalue weighted by Crippen LogP contribution is -2.39. The van der Waals surface area contributed by atoms with E-state index in [2.05, 4.69) is 4.98 Å². The lowest BCUT2D eigenvalue weighted by Gasteiger charge is -2.12. The van der Waals surface area contributed by atoms with E-state index in [1.165, 1.54) is 16.1 Å². The third-order valence-electron chi connectivity index (χ3n) is 4.53. The van der Waals surface area contributed by atoms with Gasteiger partial charge in [-0.3, -0.25) is 23.3 Å². The van der Waals surface area contributed by atoms with Gasteiger partial charge in [-0.25, -0.2) is 9.78 Å². The Morgan fingerprint density at radius 3 is 2.57 bits per heavy atom. The molecule has 2 N–H and O–H groups in total. The Labute approximate surface area is 162 Å². The van der Waals surface area contributed by atoms with Gasteiger partial charge in [0.15, 0.2) is 11.2 Å². The van der Waals surface area contributed by atoms with Crippen molar-refractivity contribution in [3.63, 3.8) is 0 Å². The van der Waals surface area contributed by atoms with Crippen molar-refractivity contribution in [3.8, 4) is 0 Å². The summed E-state index contributed by atoms with van der Waals surface area (Å²) in [6.45, 7) is 6.06. The van der Waals surface area contributed by atoms with E-state index in [1.807, 2.05) is 13.8 Å². The molecule has 0 fully saturated rings. The van der Waals surface area contributed by atoms with Crippen LogP contribution < -0.4 is 17.0 Å². The Bertz CT molecular complexity index is 942. The van der Waals surface area contributed by atoms with Crippen LogP contribution in [-0.4, -0.2) is 37.4 Å². The van der Waals surface area contributed by atoms with Gasteiger partial charge in [0.1, 0.15) is 12.6 Å². The van der Waals surface area contributed by atoms with Crippen LogP contribution in [0.4, 0.5) is 0 Å². The zero-order valence-corrected chi connectivity index (χ0v) is 16.9. The molecule has 0 aliphatic rings. The molecule has 2 heterocycles. The summed E-state index contributed by atoms with van der Waals surface area (Å²) in [4.78, 5) is 41.0. The standard InChI is InChI=1S/C18H29N5O5/c1-5-27-11-23-14(10-19)20-16-15(23)17(25)22(18(26)21(16)4)9-7-6-8-12(2)28-13(3)24/h12H,5-11,19H2,1-4H3. The Morgan fingerprint density at radius 1 is 1.25 bits per heavy atom. The quantitative estimate of drug-likeness (QED) is 0.458. The molecule has 10 heteroatoms. The largest absolute Gasteiger partial charge is 0.463 e. The van der Waals surface area contributed by atoms with E-state index < -0.39 is 11.2 Å². The Kier molecular flexibility index (Phi) is 7.53. The van der Waals surface area contributed by atoms with Crippen molar-refractivity contribution < 1.29 is 14.3 Å². The molecule has 1 atom stereocenters. The van der Waals surface area contributed by atoms with Crippen molar-refractivity contribution in [2.24, 2.45) is 12.8 Å². The first-order chi connectivity index (χ1) is 13.3. The van der Waals surface area contributed by atoms with Crippen LogP contribution >= 0.6 is 0 Å². The number of aromatic nitrogens is 4. The molecule has 2 aromatic heterocycles. The average Bonchev–Trinajstić information content (AvgIpc) is 3.02. The maximum absolute atomic E-state index is 13.0. The molecule has 156 valence electrons. The number of esters is 1. The number of imidazole rings is 1. The van der Waals surface area contributed by atoms with Gasteiger partial charge in [0.05, 0.1) is 12.6 Å². The summed E-state index contributed by atoms with van der Waals surface area (Å²) in [6, 6.07) is 0. The van der Waals surface area contributed by atoms with Gasteiger partial charge < -0.3 is 15.2 Å². The molecule has 0 amide bonds. The highest BCUT2D eigenvalue weighted by Crippen LogP contribution is 2.12. The zero-order valence-electron chi connectivity index (χ0n) is 16.9. The predicted molar refractivity (Wildman–Crippen MR) is 104 cm³/mol. The number of rotatable bonds is 10. The number of fused-ring (bicyclic) bond motifs is 1. The lowest BCUT2D eigenvalue weighted by atomic mass is 10.2. The number of ether oxygens (including phenoxy) is 2. The minimum absolute atomic E-state index is 0.128. The number of carbonyl (C=O) groups is 1. The Hall–Kier alpha value is -2.46. The summed E-state index contributed by atoms with van der Waals surface area (Å²) >= 11 is 0. The monoisotopic (exact) mass is 395 g/mol. The number of carbonyl (C=O) groups excluding carboxylic acids is 1. The van der Waals surface area contributed by atoms with Crippen LogP contribution in [0.15, 0.2) is 9.59 Å². The van der Waals surface area contributed by atoms with E-state index in [0.717, 1.165) is 0 Å². The lowest BCUT2D eigenvalue weighted by molar-refractivity contribution is -0.145. The molecule has 2 aromatic rings. The molecule has 0 aromatic carbocycles. The first-order valence-corrected chi connectivity index (χ1v) is 9.45. The first-order valence-electron chi connectivity index (χ1n) is 9.45. The van der Waals surface area contributed by atoms with Crippen LogP contribution in [0, 0.1) is 0 Å². The van der Waals surface area contributed by atoms with Gasteiger partial charge in [0, 0.05) is 27.1 Å².